The highest BCUT2D eigenvalue weighted by molar-refractivity contribution is 5.80. The number of likely N-dealkylation sites (tertiary alicyclic amines) is 1. The lowest BCUT2D eigenvalue weighted by molar-refractivity contribution is -0.137. The second-order valence-corrected chi connectivity index (χ2v) is 8.62. The Labute approximate surface area is 184 Å². The fourth-order valence-corrected chi connectivity index (χ4v) is 4.76. The summed E-state index contributed by atoms with van der Waals surface area (Å²) >= 11 is 0. The molecule has 1 fully saturated rings. The maximum absolute atomic E-state index is 13.4. The first kappa shape index (κ1) is 21.6. The highest BCUT2D eigenvalue weighted by Crippen LogP contribution is 2.31. The van der Waals surface area contributed by atoms with Gasteiger partial charge in [-0.2, -0.15) is 0 Å². The molecule has 2 aromatic carbocycles. The number of allylic oxidation sites excluding steroid dienone is 1. The average Bonchev–Trinajstić information content (AvgIpc) is 2.97. The number of rotatable bonds is 6. The molecule has 4 nitrogen and oxygen atoms in total. The van der Waals surface area contributed by atoms with Gasteiger partial charge in [-0.3, -0.25) is 9.69 Å². The van der Waals surface area contributed by atoms with E-state index >= 15 is 0 Å². The first-order valence-corrected chi connectivity index (χ1v) is 11.2. The normalized spacial score (nSPS) is 20.6. The van der Waals surface area contributed by atoms with Crippen molar-refractivity contribution in [1.29, 1.82) is 0 Å². The number of benzene rings is 2. The number of carbonyl (C=O) groups excluding carboxylic acids is 1. The van der Waals surface area contributed by atoms with E-state index in [0.29, 0.717) is 19.0 Å². The van der Waals surface area contributed by atoms with Crippen LogP contribution in [0.15, 0.2) is 60.7 Å². The SMILES string of the molecule is COc1cccc(CN2CC=CCC(C3CCN(Cc4ccc(F)cc4)CC3)C2=O)c1. The van der Waals surface area contributed by atoms with Crippen LogP contribution in [-0.4, -0.2) is 42.5 Å². The van der Waals surface area contributed by atoms with Gasteiger partial charge in [0.25, 0.3) is 0 Å². The van der Waals surface area contributed by atoms with Crippen molar-refractivity contribution >= 4 is 5.91 Å². The Bertz CT molecular complexity index is 904. The van der Waals surface area contributed by atoms with Gasteiger partial charge in [-0.25, -0.2) is 4.39 Å². The van der Waals surface area contributed by atoms with Gasteiger partial charge in [0, 0.05) is 25.6 Å². The maximum Gasteiger partial charge on any atom is 0.226 e. The maximum atomic E-state index is 13.4. The first-order valence-electron chi connectivity index (χ1n) is 11.2. The van der Waals surface area contributed by atoms with Crippen LogP contribution < -0.4 is 4.74 Å². The molecule has 0 radical (unpaired) electrons. The van der Waals surface area contributed by atoms with E-state index in [1.54, 1.807) is 7.11 Å². The van der Waals surface area contributed by atoms with Gasteiger partial charge in [-0.15, -0.1) is 0 Å². The van der Waals surface area contributed by atoms with E-state index in [1.807, 2.05) is 41.3 Å². The molecule has 31 heavy (non-hydrogen) atoms. The number of nitrogens with zero attached hydrogens (tertiary/aromatic N) is 2. The Kier molecular flexibility index (Phi) is 7.03. The minimum atomic E-state index is -0.194. The molecule has 4 rings (SSSR count). The van der Waals surface area contributed by atoms with E-state index in [9.17, 15) is 9.18 Å². The topological polar surface area (TPSA) is 32.8 Å². The predicted molar refractivity (Wildman–Crippen MR) is 120 cm³/mol. The van der Waals surface area contributed by atoms with Gasteiger partial charge < -0.3 is 9.64 Å². The number of ether oxygens (including phenoxy) is 1. The molecule has 0 saturated carbocycles. The van der Waals surface area contributed by atoms with E-state index in [0.717, 1.165) is 55.8 Å². The summed E-state index contributed by atoms with van der Waals surface area (Å²) in [5, 5.41) is 0. The zero-order chi connectivity index (χ0) is 21.6. The lowest BCUT2D eigenvalue weighted by atomic mass is 9.81. The second kappa shape index (κ2) is 10.1. The third kappa shape index (κ3) is 5.53. The van der Waals surface area contributed by atoms with Gasteiger partial charge in [0.1, 0.15) is 11.6 Å². The highest BCUT2D eigenvalue weighted by atomic mass is 19.1. The van der Waals surface area contributed by atoms with Crippen LogP contribution in [0.25, 0.3) is 0 Å². The lowest BCUT2D eigenvalue weighted by Crippen LogP contribution is -2.42. The van der Waals surface area contributed by atoms with E-state index < -0.39 is 0 Å². The Balaban J connectivity index is 1.35. The van der Waals surface area contributed by atoms with Crippen LogP contribution in [0.3, 0.4) is 0 Å². The molecule has 2 aromatic rings. The summed E-state index contributed by atoms with van der Waals surface area (Å²) in [6.45, 7) is 4.07. The van der Waals surface area contributed by atoms with Gasteiger partial charge >= 0.3 is 0 Å². The number of hydrogen-bond donors (Lipinski definition) is 0. The molecule has 164 valence electrons. The third-order valence-electron chi connectivity index (χ3n) is 6.54. The van der Waals surface area contributed by atoms with Gasteiger partial charge in [-0.1, -0.05) is 36.4 Å². The smallest absolute Gasteiger partial charge is 0.226 e. The van der Waals surface area contributed by atoms with Crippen molar-refractivity contribution in [2.45, 2.75) is 32.4 Å². The summed E-state index contributed by atoms with van der Waals surface area (Å²) in [6, 6.07) is 14.7. The molecule has 2 aliphatic heterocycles. The summed E-state index contributed by atoms with van der Waals surface area (Å²) in [7, 11) is 1.66. The van der Waals surface area contributed by atoms with Crippen molar-refractivity contribution < 1.29 is 13.9 Å². The third-order valence-corrected chi connectivity index (χ3v) is 6.54. The Morgan fingerprint density at radius 2 is 1.77 bits per heavy atom. The van der Waals surface area contributed by atoms with Crippen molar-refractivity contribution in [3.63, 3.8) is 0 Å². The first-order chi connectivity index (χ1) is 15.1. The molecule has 0 spiro atoms. The van der Waals surface area contributed by atoms with E-state index in [1.165, 1.54) is 12.1 Å². The molecular weight excluding hydrogens is 391 g/mol. The van der Waals surface area contributed by atoms with Crippen molar-refractivity contribution in [2.75, 3.05) is 26.7 Å². The molecule has 1 unspecified atom stereocenters. The molecule has 0 aromatic heterocycles. The Hall–Kier alpha value is -2.66. The van der Waals surface area contributed by atoms with Gasteiger partial charge in [-0.05, 0) is 73.7 Å². The average molecular weight is 423 g/mol. The summed E-state index contributed by atoms with van der Waals surface area (Å²) in [4.78, 5) is 17.8. The predicted octanol–water partition coefficient (Wildman–Crippen LogP) is 4.65. The van der Waals surface area contributed by atoms with Gasteiger partial charge in [0.05, 0.1) is 7.11 Å². The lowest BCUT2D eigenvalue weighted by Gasteiger charge is -2.36. The van der Waals surface area contributed by atoms with Crippen LogP contribution in [0.2, 0.25) is 0 Å². The molecule has 5 heteroatoms. The van der Waals surface area contributed by atoms with Crippen LogP contribution >= 0.6 is 0 Å². The molecule has 2 aliphatic rings. The molecule has 0 aliphatic carbocycles. The molecular formula is C26H31FN2O2. The van der Waals surface area contributed by atoms with Crippen molar-refractivity contribution in [3.05, 3.63) is 77.6 Å². The monoisotopic (exact) mass is 422 g/mol. The summed E-state index contributed by atoms with van der Waals surface area (Å²) in [6.07, 6.45) is 7.19. The molecule has 1 atom stereocenters. The van der Waals surface area contributed by atoms with Crippen LogP contribution in [0, 0.1) is 17.7 Å². The van der Waals surface area contributed by atoms with Gasteiger partial charge in [0.2, 0.25) is 5.91 Å². The van der Waals surface area contributed by atoms with Crippen LogP contribution in [0.1, 0.15) is 30.4 Å². The van der Waals surface area contributed by atoms with E-state index in [-0.39, 0.29) is 17.6 Å². The fraction of sp³-hybridized carbons (Fsp3) is 0.423. The fourth-order valence-electron chi connectivity index (χ4n) is 4.76. The Morgan fingerprint density at radius 3 is 2.52 bits per heavy atom. The standard InChI is InChI=1S/C26H31FN2O2/c1-31-24-6-4-5-21(17-24)19-29-14-3-2-7-25(26(29)30)22-12-15-28(16-13-22)18-20-8-10-23(27)11-9-20/h2-6,8-11,17,22,25H,7,12-16,18-19H2,1H3. The number of carbonyl (C=O) groups is 1. The quantitative estimate of drug-likeness (QED) is 0.635. The zero-order valence-corrected chi connectivity index (χ0v) is 18.2. The van der Waals surface area contributed by atoms with Crippen LogP contribution in [0.4, 0.5) is 4.39 Å². The number of amides is 1. The van der Waals surface area contributed by atoms with Gasteiger partial charge in [0.15, 0.2) is 0 Å². The summed E-state index contributed by atoms with van der Waals surface area (Å²) in [5.41, 5.74) is 2.23. The molecule has 2 heterocycles. The second-order valence-electron chi connectivity index (χ2n) is 8.62. The Morgan fingerprint density at radius 1 is 1.00 bits per heavy atom. The van der Waals surface area contributed by atoms with Crippen LogP contribution in [0.5, 0.6) is 5.75 Å². The largest absolute Gasteiger partial charge is 0.497 e. The van der Waals surface area contributed by atoms with E-state index in [2.05, 4.69) is 17.1 Å². The van der Waals surface area contributed by atoms with Crippen LogP contribution in [-0.2, 0) is 17.9 Å². The molecule has 0 bridgehead atoms. The minimum absolute atomic E-state index is 0.0531. The molecule has 1 amide bonds. The summed E-state index contributed by atoms with van der Waals surface area (Å²) in [5.74, 6) is 1.36. The molecule has 0 N–H and O–H groups in total. The van der Waals surface area contributed by atoms with Crippen molar-refractivity contribution in [3.8, 4) is 5.75 Å². The highest BCUT2D eigenvalue weighted by Gasteiger charge is 2.34. The number of piperidine rings is 1. The van der Waals surface area contributed by atoms with Crippen molar-refractivity contribution in [1.82, 2.24) is 9.80 Å². The number of halogens is 1. The number of methoxy groups -OCH3 is 1. The zero-order valence-electron chi connectivity index (χ0n) is 18.2. The minimum Gasteiger partial charge on any atom is -0.497 e. The van der Waals surface area contributed by atoms with E-state index in [4.69, 9.17) is 4.74 Å². The molecule has 1 saturated heterocycles. The van der Waals surface area contributed by atoms with Crippen molar-refractivity contribution in [2.24, 2.45) is 11.8 Å². The summed E-state index contributed by atoms with van der Waals surface area (Å²) < 4.78 is 18.5. The number of hydrogen-bond acceptors (Lipinski definition) is 3.